The molecular weight excluding hydrogens is 266 g/mol. The van der Waals surface area contributed by atoms with E-state index in [0.717, 1.165) is 24.9 Å². The molecule has 0 saturated heterocycles. The van der Waals surface area contributed by atoms with E-state index in [9.17, 15) is 9.59 Å². The van der Waals surface area contributed by atoms with E-state index in [-0.39, 0.29) is 17.9 Å². The van der Waals surface area contributed by atoms with Gasteiger partial charge >= 0.3 is 5.97 Å². The molecule has 0 saturated carbocycles. The molecule has 0 bridgehead atoms. The van der Waals surface area contributed by atoms with Gasteiger partial charge < -0.3 is 10.0 Å². The number of benzene rings is 1. The molecule has 1 aromatic rings. The summed E-state index contributed by atoms with van der Waals surface area (Å²) in [5.74, 6) is -0.375. The SMILES string of the molecule is CCC(CC)CN(CC)C(=O)Cc1cccc(C(=O)O)c1. The van der Waals surface area contributed by atoms with Crippen LogP contribution in [0.4, 0.5) is 0 Å². The number of carboxylic acids is 1. The Morgan fingerprint density at radius 1 is 1.19 bits per heavy atom. The van der Waals surface area contributed by atoms with Crippen molar-refractivity contribution in [3.8, 4) is 0 Å². The Labute approximate surface area is 126 Å². The van der Waals surface area contributed by atoms with Crippen molar-refractivity contribution in [1.82, 2.24) is 4.90 Å². The number of hydrogen-bond donors (Lipinski definition) is 1. The summed E-state index contributed by atoms with van der Waals surface area (Å²) < 4.78 is 0. The van der Waals surface area contributed by atoms with Crippen LogP contribution in [0.25, 0.3) is 0 Å². The minimum absolute atomic E-state index is 0.0620. The Hall–Kier alpha value is -1.84. The lowest BCUT2D eigenvalue weighted by Crippen LogP contribution is -2.36. The van der Waals surface area contributed by atoms with Crippen molar-refractivity contribution < 1.29 is 14.7 Å². The van der Waals surface area contributed by atoms with Gasteiger partial charge in [0.2, 0.25) is 5.91 Å². The zero-order valence-corrected chi connectivity index (χ0v) is 13.1. The molecule has 1 N–H and O–H groups in total. The van der Waals surface area contributed by atoms with Crippen molar-refractivity contribution >= 4 is 11.9 Å². The highest BCUT2D eigenvalue weighted by Gasteiger charge is 2.16. The number of likely N-dealkylation sites (N-methyl/N-ethyl adjacent to an activating group) is 1. The molecule has 0 atom stereocenters. The maximum absolute atomic E-state index is 12.4. The summed E-state index contributed by atoms with van der Waals surface area (Å²) in [5.41, 5.74) is 0.978. The number of hydrogen-bond acceptors (Lipinski definition) is 2. The molecule has 0 aliphatic carbocycles. The first kappa shape index (κ1) is 17.2. The van der Waals surface area contributed by atoms with Crippen LogP contribution in [0.15, 0.2) is 24.3 Å². The third kappa shape index (κ3) is 5.21. The maximum Gasteiger partial charge on any atom is 0.335 e. The van der Waals surface area contributed by atoms with E-state index in [1.807, 2.05) is 11.8 Å². The molecule has 0 aromatic heterocycles. The zero-order valence-electron chi connectivity index (χ0n) is 13.1. The van der Waals surface area contributed by atoms with Gasteiger partial charge in [-0.1, -0.05) is 38.8 Å². The van der Waals surface area contributed by atoms with E-state index < -0.39 is 5.97 Å². The zero-order chi connectivity index (χ0) is 15.8. The third-order valence-corrected chi connectivity index (χ3v) is 3.90. The van der Waals surface area contributed by atoms with Gasteiger partial charge in [0.15, 0.2) is 0 Å². The fraction of sp³-hybridized carbons (Fsp3) is 0.529. The van der Waals surface area contributed by atoms with Gasteiger partial charge in [0.05, 0.1) is 12.0 Å². The highest BCUT2D eigenvalue weighted by Crippen LogP contribution is 2.12. The lowest BCUT2D eigenvalue weighted by atomic mass is 10.0. The first-order valence-electron chi connectivity index (χ1n) is 7.61. The molecule has 0 fully saturated rings. The van der Waals surface area contributed by atoms with Crippen molar-refractivity contribution in [3.05, 3.63) is 35.4 Å². The smallest absolute Gasteiger partial charge is 0.335 e. The molecule has 0 aliphatic rings. The number of rotatable bonds is 8. The second kappa shape index (κ2) is 8.45. The topological polar surface area (TPSA) is 57.6 Å². The summed E-state index contributed by atoms with van der Waals surface area (Å²) in [6, 6.07) is 6.60. The summed E-state index contributed by atoms with van der Waals surface area (Å²) in [5, 5.41) is 8.99. The lowest BCUT2D eigenvalue weighted by molar-refractivity contribution is -0.130. The van der Waals surface area contributed by atoms with Crippen LogP contribution in [0.5, 0.6) is 0 Å². The molecule has 116 valence electrons. The number of carbonyl (C=O) groups is 2. The van der Waals surface area contributed by atoms with Gasteiger partial charge in [0.1, 0.15) is 0 Å². The average Bonchev–Trinajstić information content (AvgIpc) is 2.48. The predicted octanol–water partition coefficient (Wildman–Crippen LogP) is 3.21. The van der Waals surface area contributed by atoms with E-state index in [1.165, 1.54) is 6.07 Å². The highest BCUT2D eigenvalue weighted by molar-refractivity contribution is 5.88. The van der Waals surface area contributed by atoms with Gasteiger partial charge in [0, 0.05) is 13.1 Å². The van der Waals surface area contributed by atoms with Crippen molar-refractivity contribution in [2.45, 2.75) is 40.0 Å². The van der Waals surface area contributed by atoms with E-state index in [2.05, 4.69) is 13.8 Å². The molecule has 21 heavy (non-hydrogen) atoms. The summed E-state index contributed by atoms with van der Waals surface area (Å²) in [6.07, 6.45) is 2.39. The quantitative estimate of drug-likeness (QED) is 0.800. The Morgan fingerprint density at radius 3 is 2.38 bits per heavy atom. The molecule has 0 unspecified atom stereocenters. The first-order chi connectivity index (χ1) is 10.0. The fourth-order valence-electron chi connectivity index (χ4n) is 2.37. The molecule has 4 heteroatoms. The summed E-state index contributed by atoms with van der Waals surface area (Å²) in [7, 11) is 0. The minimum Gasteiger partial charge on any atom is -0.478 e. The Kier molecular flexibility index (Phi) is 6.92. The predicted molar refractivity (Wildman–Crippen MR) is 83.4 cm³/mol. The lowest BCUT2D eigenvalue weighted by Gasteiger charge is -2.25. The molecule has 1 aromatic carbocycles. The van der Waals surface area contributed by atoms with Crippen LogP contribution < -0.4 is 0 Å². The number of aromatic carboxylic acids is 1. The Balaban J connectivity index is 2.73. The van der Waals surface area contributed by atoms with Crippen LogP contribution in [0.2, 0.25) is 0 Å². The second-order valence-electron chi connectivity index (χ2n) is 5.30. The van der Waals surface area contributed by atoms with Crippen molar-refractivity contribution in [2.75, 3.05) is 13.1 Å². The molecule has 1 amide bonds. The van der Waals surface area contributed by atoms with E-state index in [4.69, 9.17) is 5.11 Å². The van der Waals surface area contributed by atoms with E-state index in [1.54, 1.807) is 18.2 Å². The first-order valence-corrected chi connectivity index (χ1v) is 7.61. The molecule has 0 aliphatic heterocycles. The second-order valence-corrected chi connectivity index (χ2v) is 5.30. The van der Waals surface area contributed by atoms with E-state index >= 15 is 0 Å². The molecule has 0 heterocycles. The highest BCUT2D eigenvalue weighted by atomic mass is 16.4. The van der Waals surface area contributed by atoms with Crippen LogP contribution >= 0.6 is 0 Å². The minimum atomic E-state index is -0.964. The molecular formula is C17H25NO3. The van der Waals surface area contributed by atoms with Gasteiger partial charge in [0.25, 0.3) is 0 Å². The fourth-order valence-corrected chi connectivity index (χ4v) is 2.37. The molecule has 0 radical (unpaired) electrons. The van der Waals surface area contributed by atoms with Gasteiger partial charge in [-0.25, -0.2) is 4.79 Å². The van der Waals surface area contributed by atoms with Crippen LogP contribution in [0.3, 0.4) is 0 Å². The van der Waals surface area contributed by atoms with Crippen LogP contribution in [-0.2, 0) is 11.2 Å². The van der Waals surface area contributed by atoms with E-state index in [0.29, 0.717) is 12.5 Å². The summed E-state index contributed by atoms with van der Waals surface area (Å²) in [6.45, 7) is 7.73. The third-order valence-electron chi connectivity index (χ3n) is 3.90. The van der Waals surface area contributed by atoms with Crippen molar-refractivity contribution in [1.29, 1.82) is 0 Å². The Morgan fingerprint density at radius 2 is 1.86 bits per heavy atom. The monoisotopic (exact) mass is 291 g/mol. The summed E-state index contributed by atoms with van der Waals surface area (Å²) >= 11 is 0. The maximum atomic E-state index is 12.4. The van der Waals surface area contributed by atoms with Crippen molar-refractivity contribution in [2.24, 2.45) is 5.92 Å². The van der Waals surface area contributed by atoms with Gasteiger partial charge in [-0.15, -0.1) is 0 Å². The van der Waals surface area contributed by atoms with Crippen LogP contribution in [0, 0.1) is 5.92 Å². The van der Waals surface area contributed by atoms with Crippen LogP contribution in [0.1, 0.15) is 49.5 Å². The number of amides is 1. The number of carboxylic acid groups (broad SMARTS) is 1. The Bertz CT molecular complexity index is 481. The van der Waals surface area contributed by atoms with Gasteiger partial charge in [-0.3, -0.25) is 4.79 Å². The average molecular weight is 291 g/mol. The molecule has 4 nitrogen and oxygen atoms in total. The van der Waals surface area contributed by atoms with Crippen molar-refractivity contribution in [3.63, 3.8) is 0 Å². The normalized spacial score (nSPS) is 10.7. The summed E-state index contributed by atoms with van der Waals surface area (Å²) in [4.78, 5) is 25.2. The number of carbonyl (C=O) groups excluding carboxylic acids is 1. The molecule has 0 spiro atoms. The van der Waals surface area contributed by atoms with Crippen LogP contribution in [-0.4, -0.2) is 35.0 Å². The van der Waals surface area contributed by atoms with Gasteiger partial charge in [-0.2, -0.15) is 0 Å². The van der Waals surface area contributed by atoms with Gasteiger partial charge in [-0.05, 0) is 30.5 Å². The molecule has 1 rings (SSSR count). The number of nitrogens with zero attached hydrogens (tertiary/aromatic N) is 1. The standard InChI is InChI=1S/C17H25NO3/c1-4-13(5-2)12-18(6-3)16(19)11-14-8-7-9-15(10-14)17(20)21/h7-10,13H,4-6,11-12H2,1-3H3,(H,20,21). The largest absolute Gasteiger partial charge is 0.478 e.